The van der Waals surface area contributed by atoms with Crippen LogP contribution in [0.3, 0.4) is 0 Å². The third kappa shape index (κ3) is 7.08. The Balaban J connectivity index is 1.00. The molecular formula is C46H50N6O5. The molecule has 2 fully saturated rings. The van der Waals surface area contributed by atoms with Crippen molar-refractivity contribution in [3.05, 3.63) is 102 Å². The molecule has 3 atom stereocenters. The summed E-state index contributed by atoms with van der Waals surface area (Å²) in [5.41, 5.74) is 8.15. The minimum Gasteiger partial charge on any atom is -0.465 e. The summed E-state index contributed by atoms with van der Waals surface area (Å²) in [5.74, 6) is 1.58. The van der Waals surface area contributed by atoms with Crippen molar-refractivity contribution < 1.29 is 23.8 Å². The molecule has 0 unspecified atom stereocenters. The fraction of sp³-hybridized carbons (Fsp3) is 0.391. The second-order valence-corrected chi connectivity index (χ2v) is 17.6. The molecule has 3 aromatic carbocycles. The van der Waals surface area contributed by atoms with Gasteiger partial charge in [0.2, 0.25) is 6.23 Å². The van der Waals surface area contributed by atoms with Crippen LogP contribution in [-0.2, 0) is 9.47 Å². The number of carbonyl (C=O) groups excluding carboxylic acids is 2. The van der Waals surface area contributed by atoms with Gasteiger partial charge in [0.05, 0.1) is 35.2 Å². The topological polar surface area (TPSA) is 114 Å². The number of hydrogen-bond acceptors (Lipinski definition) is 7. The van der Waals surface area contributed by atoms with Gasteiger partial charge < -0.3 is 23.8 Å². The first-order valence-electron chi connectivity index (χ1n) is 20.1. The van der Waals surface area contributed by atoms with Gasteiger partial charge in [-0.1, -0.05) is 42.5 Å². The number of likely N-dealkylation sites (tertiary alicyclic amines) is 2. The standard InChI is InChI=1S/C46H50N6O5/c1-45(2,3)56-43(53)50-20-10-14-37(50)34-23-32(26-47-34)29-16-18-33-39-24-31-22-30(17-19-36(31)52(39)42(55-40(33)25-29)28-12-8-7-9-13-28)35-27-48-41(49-35)38-15-11-21-51(38)44(54)57-46(4,5)6/h7-9,12-13,16-19,22,24-27,37-38,42H,10-11,14-15,20-21,23H2,1-6H3,(H,48,49)/t37-,38-,42-/m0/s1. The second kappa shape index (κ2) is 14.0. The molecule has 0 bridgehead atoms. The Kier molecular flexibility index (Phi) is 9.01. The maximum absolute atomic E-state index is 13.1. The van der Waals surface area contributed by atoms with Gasteiger partial charge in [0.15, 0.2) is 0 Å². The SMILES string of the molecule is CC(C)(C)OC(=O)N1CCC[C@H]1C1=NC=C(c2ccc3c(c2)O[C@@H](c2ccccc2)n2c-3cc3cc(-c4cnc([C@@H]5CCCN5C(=O)OC(C)(C)C)[nH]4)ccc32)C1. The summed E-state index contributed by atoms with van der Waals surface area (Å²) >= 11 is 0. The molecule has 11 nitrogen and oxygen atoms in total. The molecule has 9 rings (SSSR count). The lowest BCUT2D eigenvalue weighted by Crippen LogP contribution is -2.43. The Hall–Kier alpha value is -5.84. The Bertz CT molecular complexity index is 2430. The van der Waals surface area contributed by atoms with Crippen molar-refractivity contribution in [2.75, 3.05) is 13.1 Å². The van der Waals surface area contributed by atoms with Gasteiger partial charge in [0, 0.05) is 53.5 Å². The summed E-state index contributed by atoms with van der Waals surface area (Å²) in [6, 6.07) is 25.3. The maximum Gasteiger partial charge on any atom is 0.410 e. The lowest BCUT2D eigenvalue weighted by molar-refractivity contribution is 0.0216. The van der Waals surface area contributed by atoms with Crippen molar-refractivity contribution in [2.24, 2.45) is 4.99 Å². The molecule has 2 aromatic heterocycles. The molecule has 4 aliphatic heterocycles. The number of aliphatic imine (C=N–C) groups is 1. The number of carbonyl (C=O) groups is 2. The molecule has 2 saturated heterocycles. The van der Waals surface area contributed by atoms with Crippen LogP contribution in [0.1, 0.15) is 103 Å². The predicted octanol–water partition coefficient (Wildman–Crippen LogP) is 10.3. The van der Waals surface area contributed by atoms with Gasteiger partial charge in [-0.05, 0) is 109 Å². The Labute approximate surface area is 333 Å². The molecule has 2 amide bonds. The number of fused-ring (bicyclic) bond motifs is 5. The Morgan fingerprint density at radius 2 is 1.49 bits per heavy atom. The third-order valence-corrected chi connectivity index (χ3v) is 11.2. The molecular weight excluding hydrogens is 717 g/mol. The summed E-state index contributed by atoms with van der Waals surface area (Å²) in [6.07, 6.45) is 7.06. The van der Waals surface area contributed by atoms with Crippen LogP contribution in [0.5, 0.6) is 5.75 Å². The van der Waals surface area contributed by atoms with E-state index in [1.807, 2.05) is 77.0 Å². The van der Waals surface area contributed by atoms with Crippen molar-refractivity contribution >= 4 is 34.4 Å². The lowest BCUT2D eigenvalue weighted by atomic mass is 9.96. The van der Waals surface area contributed by atoms with Crippen LogP contribution in [0, 0.1) is 0 Å². The van der Waals surface area contributed by atoms with Crippen LogP contribution in [0.25, 0.3) is 39.0 Å². The minimum absolute atomic E-state index is 0.0616. The molecule has 0 saturated carbocycles. The van der Waals surface area contributed by atoms with Gasteiger partial charge in [0.1, 0.15) is 22.8 Å². The summed E-state index contributed by atoms with van der Waals surface area (Å²) < 4.78 is 20.7. The molecule has 6 heterocycles. The highest BCUT2D eigenvalue weighted by Crippen LogP contribution is 2.46. The van der Waals surface area contributed by atoms with Crippen LogP contribution >= 0.6 is 0 Å². The van der Waals surface area contributed by atoms with E-state index in [0.717, 1.165) is 93.1 Å². The van der Waals surface area contributed by atoms with E-state index in [1.165, 1.54) is 0 Å². The number of imidazole rings is 1. The average Bonchev–Trinajstić information content (AvgIpc) is 4.01. The van der Waals surface area contributed by atoms with Crippen LogP contribution < -0.4 is 4.74 Å². The third-order valence-electron chi connectivity index (χ3n) is 11.2. The lowest BCUT2D eigenvalue weighted by Gasteiger charge is -2.31. The summed E-state index contributed by atoms with van der Waals surface area (Å²) in [4.78, 5) is 42.8. The van der Waals surface area contributed by atoms with Crippen LogP contribution in [0.4, 0.5) is 9.59 Å². The van der Waals surface area contributed by atoms with Gasteiger partial charge in [-0.2, -0.15) is 0 Å². The number of H-pyrrole nitrogens is 1. The first-order chi connectivity index (χ1) is 27.3. The van der Waals surface area contributed by atoms with E-state index in [9.17, 15) is 9.59 Å². The van der Waals surface area contributed by atoms with Crippen LogP contribution in [-0.4, -0.2) is 72.6 Å². The quantitative estimate of drug-likeness (QED) is 0.191. The van der Waals surface area contributed by atoms with Gasteiger partial charge in [0.25, 0.3) is 0 Å². The van der Waals surface area contributed by atoms with Gasteiger partial charge >= 0.3 is 12.2 Å². The first-order valence-corrected chi connectivity index (χ1v) is 20.1. The average molecular weight is 767 g/mol. The summed E-state index contributed by atoms with van der Waals surface area (Å²) in [7, 11) is 0. The van der Waals surface area contributed by atoms with Gasteiger partial charge in [-0.3, -0.25) is 14.8 Å². The van der Waals surface area contributed by atoms with E-state index in [2.05, 4.69) is 64.1 Å². The van der Waals surface area contributed by atoms with Gasteiger partial charge in [-0.25, -0.2) is 14.6 Å². The molecule has 0 radical (unpaired) electrons. The molecule has 1 N–H and O–H groups in total. The summed E-state index contributed by atoms with van der Waals surface area (Å²) in [6.45, 7) is 12.7. The number of allylic oxidation sites excluding steroid dienone is 1. The number of benzene rings is 3. The molecule has 294 valence electrons. The number of amides is 2. The predicted molar refractivity (Wildman–Crippen MR) is 221 cm³/mol. The molecule has 0 aliphatic carbocycles. The maximum atomic E-state index is 13.1. The highest BCUT2D eigenvalue weighted by Gasteiger charge is 2.38. The largest absolute Gasteiger partial charge is 0.465 e. The van der Waals surface area contributed by atoms with Crippen molar-refractivity contribution in [1.82, 2.24) is 24.3 Å². The van der Waals surface area contributed by atoms with E-state index in [1.54, 1.807) is 4.90 Å². The second-order valence-electron chi connectivity index (χ2n) is 17.6. The van der Waals surface area contributed by atoms with Crippen molar-refractivity contribution in [2.45, 2.75) is 103 Å². The van der Waals surface area contributed by atoms with E-state index in [0.29, 0.717) is 19.5 Å². The monoisotopic (exact) mass is 766 g/mol. The van der Waals surface area contributed by atoms with E-state index in [4.69, 9.17) is 24.2 Å². The summed E-state index contributed by atoms with van der Waals surface area (Å²) in [5, 5.41) is 1.08. The number of aromatic amines is 1. The fourth-order valence-electron chi connectivity index (χ4n) is 8.63. The fourth-order valence-corrected chi connectivity index (χ4v) is 8.63. The molecule has 11 heteroatoms. The molecule has 5 aromatic rings. The van der Waals surface area contributed by atoms with E-state index < -0.39 is 11.2 Å². The normalized spacial score (nSPS) is 20.6. The van der Waals surface area contributed by atoms with Gasteiger partial charge in [-0.15, -0.1) is 0 Å². The zero-order chi connectivity index (χ0) is 39.6. The number of hydrogen-bond donors (Lipinski definition) is 1. The smallest absolute Gasteiger partial charge is 0.410 e. The van der Waals surface area contributed by atoms with E-state index in [-0.39, 0.29) is 30.5 Å². The van der Waals surface area contributed by atoms with E-state index >= 15 is 0 Å². The first kappa shape index (κ1) is 36.8. The number of rotatable bonds is 5. The minimum atomic E-state index is -0.562. The van der Waals surface area contributed by atoms with Crippen molar-refractivity contribution in [3.63, 3.8) is 0 Å². The highest BCUT2D eigenvalue weighted by molar-refractivity contribution is 6.03. The molecule has 0 spiro atoms. The number of ether oxygens (including phenoxy) is 3. The molecule has 4 aliphatic rings. The molecule has 57 heavy (non-hydrogen) atoms. The number of nitrogens with one attached hydrogen (secondary N) is 1. The van der Waals surface area contributed by atoms with Crippen molar-refractivity contribution in [3.8, 4) is 28.3 Å². The van der Waals surface area contributed by atoms with Crippen molar-refractivity contribution in [1.29, 1.82) is 0 Å². The highest BCUT2D eigenvalue weighted by atomic mass is 16.6. The zero-order valence-corrected chi connectivity index (χ0v) is 33.5. The number of nitrogens with zero attached hydrogens (tertiary/aromatic N) is 5. The van der Waals surface area contributed by atoms with Crippen LogP contribution in [0.2, 0.25) is 0 Å². The Morgan fingerprint density at radius 1 is 0.807 bits per heavy atom. The Morgan fingerprint density at radius 3 is 2.21 bits per heavy atom. The number of aromatic nitrogens is 3. The van der Waals surface area contributed by atoms with Crippen LogP contribution in [0.15, 0.2) is 90.2 Å². The zero-order valence-electron chi connectivity index (χ0n) is 33.5.